The van der Waals surface area contributed by atoms with Crippen LogP contribution in [0.4, 0.5) is 5.69 Å². The summed E-state index contributed by atoms with van der Waals surface area (Å²) in [4.78, 5) is 20.2. The molecule has 8 heteroatoms. The molecule has 2 N–H and O–H groups in total. The number of hydrogen-bond donors (Lipinski definition) is 2. The first-order valence-corrected chi connectivity index (χ1v) is 6.75. The van der Waals surface area contributed by atoms with Crippen molar-refractivity contribution in [1.82, 2.24) is 25.1 Å². The number of nitrogens with one attached hydrogen (secondary N) is 2. The number of morpholine rings is 1. The third kappa shape index (κ3) is 3.41. The van der Waals surface area contributed by atoms with Gasteiger partial charge in [-0.05, 0) is 12.1 Å². The number of carbonyl (C=O) groups is 1. The van der Waals surface area contributed by atoms with Gasteiger partial charge in [-0.1, -0.05) is 0 Å². The molecule has 2 aromatic rings. The number of pyridine rings is 1. The third-order valence-corrected chi connectivity index (χ3v) is 3.11. The average molecular weight is 288 g/mol. The number of ether oxygens (including phenoxy) is 1. The SMILES string of the molecule is O=C(CC1CNCCO1)Nc1cccnc1-n1cncn1. The van der Waals surface area contributed by atoms with Gasteiger partial charge in [0.25, 0.3) is 0 Å². The Bertz CT molecular complexity index is 594. The summed E-state index contributed by atoms with van der Waals surface area (Å²) in [6.07, 6.45) is 4.80. The zero-order valence-corrected chi connectivity index (χ0v) is 11.4. The summed E-state index contributed by atoms with van der Waals surface area (Å²) in [5.74, 6) is 0.420. The molecule has 1 aliphatic rings. The number of carbonyl (C=O) groups excluding carboxylic acids is 1. The zero-order valence-electron chi connectivity index (χ0n) is 11.4. The number of hydrogen-bond acceptors (Lipinski definition) is 6. The van der Waals surface area contributed by atoms with E-state index in [-0.39, 0.29) is 12.0 Å². The molecule has 2 aromatic heterocycles. The molecule has 1 amide bonds. The molecule has 1 aliphatic heterocycles. The Morgan fingerprint density at radius 2 is 2.52 bits per heavy atom. The highest BCUT2D eigenvalue weighted by Gasteiger charge is 2.18. The first-order chi connectivity index (χ1) is 10.3. The number of nitrogens with zero attached hydrogens (tertiary/aromatic N) is 4. The molecule has 21 heavy (non-hydrogen) atoms. The molecule has 3 rings (SSSR count). The van der Waals surface area contributed by atoms with Crippen molar-refractivity contribution in [2.24, 2.45) is 0 Å². The van der Waals surface area contributed by atoms with Gasteiger partial charge in [0.15, 0.2) is 5.82 Å². The Morgan fingerprint density at radius 3 is 3.29 bits per heavy atom. The highest BCUT2D eigenvalue weighted by atomic mass is 16.5. The van der Waals surface area contributed by atoms with E-state index in [2.05, 4.69) is 25.7 Å². The lowest BCUT2D eigenvalue weighted by Gasteiger charge is -2.23. The fraction of sp³-hybridized carbons (Fsp3) is 0.385. The van der Waals surface area contributed by atoms with E-state index in [1.54, 1.807) is 18.3 Å². The van der Waals surface area contributed by atoms with Gasteiger partial charge in [-0.2, -0.15) is 5.10 Å². The van der Waals surface area contributed by atoms with E-state index in [0.29, 0.717) is 31.1 Å². The standard InChI is InChI=1S/C13H16N6O2/c20-12(6-10-7-14-4-5-21-10)18-11-2-1-3-16-13(11)19-9-15-8-17-19/h1-3,8-10,14H,4-7H2,(H,18,20). The predicted octanol–water partition coefficient (Wildman–Crippen LogP) is -0.0207. The highest BCUT2D eigenvalue weighted by molar-refractivity contribution is 5.92. The van der Waals surface area contributed by atoms with Crippen LogP contribution in [0.1, 0.15) is 6.42 Å². The van der Waals surface area contributed by atoms with E-state index in [4.69, 9.17) is 4.74 Å². The Hall–Kier alpha value is -2.32. The molecule has 1 atom stereocenters. The molecule has 0 radical (unpaired) electrons. The topological polar surface area (TPSA) is 94.0 Å². The van der Waals surface area contributed by atoms with Gasteiger partial charge in [-0.3, -0.25) is 4.79 Å². The number of rotatable bonds is 4. The fourth-order valence-electron chi connectivity index (χ4n) is 2.15. The maximum absolute atomic E-state index is 12.1. The summed E-state index contributed by atoms with van der Waals surface area (Å²) in [6, 6.07) is 3.54. The summed E-state index contributed by atoms with van der Waals surface area (Å²) in [5.41, 5.74) is 0.594. The molecular formula is C13H16N6O2. The van der Waals surface area contributed by atoms with Crippen LogP contribution in [0.25, 0.3) is 5.82 Å². The number of aromatic nitrogens is 4. The van der Waals surface area contributed by atoms with Crippen molar-refractivity contribution in [2.45, 2.75) is 12.5 Å². The second-order valence-corrected chi connectivity index (χ2v) is 4.66. The molecule has 1 unspecified atom stereocenters. The van der Waals surface area contributed by atoms with Crippen molar-refractivity contribution in [1.29, 1.82) is 0 Å². The van der Waals surface area contributed by atoms with Crippen molar-refractivity contribution in [3.8, 4) is 5.82 Å². The van der Waals surface area contributed by atoms with Gasteiger partial charge in [-0.25, -0.2) is 14.6 Å². The van der Waals surface area contributed by atoms with Crippen LogP contribution in [0.5, 0.6) is 0 Å². The minimum atomic E-state index is -0.113. The summed E-state index contributed by atoms with van der Waals surface area (Å²) in [6.45, 7) is 2.16. The summed E-state index contributed by atoms with van der Waals surface area (Å²) < 4.78 is 7.03. The van der Waals surface area contributed by atoms with Crippen molar-refractivity contribution in [2.75, 3.05) is 25.0 Å². The molecule has 1 saturated heterocycles. The van der Waals surface area contributed by atoms with E-state index < -0.39 is 0 Å². The Morgan fingerprint density at radius 1 is 1.57 bits per heavy atom. The quantitative estimate of drug-likeness (QED) is 0.821. The smallest absolute Gasteiger partial charge is 0.227 e. The van der Waals surface area contributed by atoms with Crippen molar-refractivity contribution < 1.29 is 9.53 Å². The van der Waals surface area contributed by atoms with Crippen LogP contribution in [0.2, 0.25) is 0 Å². The molecule has 1 fully saturated rings. The van der Waals surface area contributed by atoms with Crippen molar-refractivity contribution >= 4 is 11.6 Å². The van der Waals surface area contributed by atoms with Crippen LogP contribution in [0.3, 0.4) is 0 Å². The molecular weight excluding hydrogens is 272 g/mol. The van der Waals surface area contributed by atoms with E-state index in [1.165, 1.54) is 17.3 Å². The predicted molar refractivity (Wildman–Crippen MR) is 75.0 cm³/mol. The van der Waals surface area contributed by atoms with Crippen LogP contribution < -0.4 is 10.6 Å². The lowest BCUT2D eigenvalue weighted by atomic mass is 10.2. The molecule has 0 aliphatic carbocycles. The Labute approximate surface area is 121 Å². The van der Waals surface area contributed by atoms with Gasteiger partial charge in [-0.15, -0.1) is 0 Å². The number of anilines is 1. The fourth-order valence-corrected chi connectivity index (χ4v) is 2.15. The van der Waals surface area contributed by atoms with Crippen molar-refractivity contribution in [3.05, 3.63) is 31.0 Å². The van der Waals surface area contributed by atoms with Gasteiger partial charge in [0, 0.05) is 19.3 Å². The van der Waals surface area contributed by atoms with E-state index in [0.717, 1.165) is 6.54 Å². The first kappa shape index (κ1) is 13.7. The lowest BCUT2D eigenvalue weighted by molar-refractivity contribution is -0.119. The minimum Gasteiger partial charge on any atom is -0.375 e. The van der Waals surface area contributed by atoms with Crippen LogP contribution >= 0.6 is 0 Å². The van der Waals surface area contributed by atoms with Crippen LogP contribution in [-0.4, -0.2) is 51.5 Å². The van der Waals surface area contributed by atoms with E-state index >= 15 is 0 Å². The summed E-state index contributed by atoms with van der Waals surface area (Å²) >= 11 is 0. The molecule has 8 nitrogen and oxygen atoms in total. The van der Waals surface area contributed by atoms with Gasteiger partial charge in [0.1, 0.15) is 12.7 Å². The first-order valence-electron chi connectivity index (χ1n) is 6.75. The Balaban J connectivity index is 1.68. The van der Waals surface area contributed by atoms with Crippen LogP contribution in [0.15, 0.2) is 31.0 Å². The van der Waals surface area contributed by atoms with Gasteiger partial charge in [0.2, 0.25) is 5.91 Å². The third-order valence-electron chi connectivity index (χ3n) is 3.11. The van der Waals surface area contributed by atoms with Gasteiger partial charge in [0.05, 0.1) is 24.8 Å². The second-order valence-electron chi connectivity index (χ2n) is 4.66. The van der Waals surface area contributed by atoms with Crippen LogP contribution in [-0.2, 0) is 9.53 Å². The molecule has 110 valence electrons. The highest BCUT2D eigenvalue weighted by Crippen LogP contribution is 2.16. The van der Waals surface area contributed by atoms with E-state index in [1.807, 2.05) is 0 Å². The minimum absolute atomic E-state index is 0.0924. The maximum atomic E-state index is 12.1. The zero-order chi connectivity index (χ0) is 14.5. The van der Waals surface area contributed by atoms with Crippen molar-refractivity contribution in [3.63, 3.8) is 0 Å². The lowest BCUT2D eigenvalue weighted by Crippen LogP contribution is -2.40. The average Bonchev–Trinajstić information content (AvgIpc) is 3.03. The Kier molecular flexibility index (Phi) is 4.17. The van der Waals surface area contributed by atoms with Gasteiger partial charge >= 0.3 is 0 Å². The molecule has 3 heterocycles. The normalized spacial score (nSPS) is 18.4. The summed E-state index contributed by atoms with van der Waals surface area (Å²) in [7, 11) is 0. The second kappa shape index (κ2) is 6.42. The molecule has 0 aromatic carbocycles. The summed E-state index contributed by atoms with van der Waals surface area (Å²) in [5, 5.41) is 10.1. The molecule has 0 spiro atoms. The van der Waals surface area contributed by atoms with E-state index in [9.17, 15) is 4.79 Å². The van der Waals surface area contributed by atoms with Gasteiger partial charge < -0.3 is 15.4 Å². The molecule has 0 bridgehead atoms. The number of amides is 1. The monoisotopic (exact) mass is 288 g/mol. The van der Waals surface area contributed by atoms with Crippen LogP contribution in [0, 0.1) is 0 Å². The largest absolute Gasteiger partial charge is 0.375 e. The maximum Gasteiger partial charge on any atom is 0.227 e. The molecule has 0 saturated carbocycles.